The molecular weight excluding hydrogens is 278 g/mol. The Morgan fingerprint density at radius 2 is 2.05 bits per heavy atom. The molecular formula is C17H25N3O2. The summed E-state index contributed by atoms with van der Waals surface area (Å²) in [6, 6.07) is 5.40. The molecule has 1 aliphatic carbocycles. The van der Waals surface area contributed by atoms with E-state index in [1.807, 2.05) is 13.0 Å². The molecule has 2 atom stereocenters. The quantitative estimate of drug-likeness (QED) is 0.893. The predicted molar refractivity (Wildman–Crippen MR) is 87.7 cm³/mol. The van der Waals surface area contributed by atoms with Crippen LogP contribution < -0.4 is 11.1 Å². The minimum Gasteiger partial charge on any atom is -0.345 e. The van der Waals surface area contributed by atoms with E-state index in [-0.39, 0.29) is 23.7 Å². The summed E-state index contributed by atoms with van der Waals surface area (Å²) >= 11 is 0. The largest absolute Gasteiger partial charge is 0.345 e. The SMILES string of the molecule is Cc1ccc(C(=O)N(C)C)cc1NC(=O)[C@@H]1CCC[C@@H]1CN. The number of carbonyl (C=O) groups excluding carboxylic acids is 2. The first-order valence-corrected chi connectivity index (χ1v) is 7.77. The number of benzene rings is 1. The van der Waals surface area contributed by atoms with Crippen LogP contribution in [-0.2, 0) is 4.79 Å². The average Bonchev–Trinajstić information content (AvgIpc) is 2.97. The zero-order valence-electron chi connectivity index (χ0n) is 13.6. The van der Waals surface area contributed by atoms with E-state index in [1.54, 1.807) is 26.2 Å². The molecule has 1 aromatic carbocycles. The fraction of sp³-hybridized carbons (Fsp3) is 0.529. The highest BCUT2D eigenvalue weighted by Crippen LogP contribution is 2.32. The molecule has 0 aliphatic heterocycles. The summed E-state index contributed by atoms with van der Waals surface area (Å²) in [7, 11) is 3.43. The lowest BCUT2D eigenvalue weighted by Crippen LogP contribution is -2.30. The number of anilines is 1. The van der Waals surface area contributed by atoms with Gasteiger partial charge >= 0.3 is 0 Å². The van der Waals surface area contributed by atoms with Crippen LogP contribution in [0.1, 0.15) is 35.2 Å². The standard InChI is InChI=1S/C17H25N3O2/c1-11-7-8-12(17(22)20(2)3)9-15(11)19-16(21)14-6-4-5-13(14)10-18/h7-9,13-14H,4-6,10,18H2,1-3H3,(H,19,21)/t13-,14-/m1/s1. The van der Waals surface area contributed by atoms with Gasteiger partial charge in [0.2, 0.25) is 5.91 Å². The molecule has 1 saturated carbocycles. The highest BCUT2D eigenvalue weighted by atomic mass is 16.2. The lowest BCUT2D eigenvalue weighted by molar-refractivity contribution is -0.120. The van der Waals surface area contributed by atoms with Gasteiger partial charge in [0.15, 0.2) is 0 Å². The van der Waals surface area contributed by atoms with Crippen LogP contribution in [0.25, 0.3) is 0 Å². The molecule has 0 unspecified atom stereocenters. The van der Waals surface area contributed by atoms with Crippen LogP contribution in [0.3, 0.4) is 0 Å². The van der Waals surface area contributed by atoms with Crippen molar-refractivity contribution in [3.63, 3.8) is 0 Å². The van der Waals surface area contributed by atoms with E-state index < -0.39 is 0 Å². The number of hydrogen-bond acceptors (Lipinski definition) is 3. The molecule has 1 aromatic rings. The molecule has 0 saturated heterocycles. The molecule has 2 amide bonds. The minimum atomic E-state index is -0.0730. The Hall–Kier alpha value is -1.88. The van der Waals surface area contributed by atoms with Crippen molar-refractivity contribution in [3.8, 4) is 0 Å². The van der Waals surface area contributed by atoms with Crippen LogP contribution in [0.4, 0.5) is 5.69 Å². The molecule has 1 fully saturated rings. The number of nitrogens with two attached hydrogens (primary N) is 1. The number of nitrogens with one attached hydrogen (secondary N) is 1. The number of amides is 2. The number of nitrogens with zero attached hydrogens (tertiary/aromatic N) is 1. The molecule has 0 bridgehead atoms. The third-order valence-electron chi connectivity index (χ3n) is 4.45. The van der Waals surface area contributed by atoms with Crippen LogP contribution in [0.5, 0.6) is 0 Å². The second kappa shape index (κ2) is 6.92. The van der Waals surface area contributed by atoms with Gasteiger partial charge in [-0.15, -0.1) is 0 Å². The Morgan fingerprint density at radius 1 is 1.32 bits per heavy atom. The van der Waals surface area contributed by atoms with Gasteiger partial charge in [-0.25, -0.2) is 0 Å². The fourth-order valence-corrected chi connectivity index (χ4v) is 3.04. The van der Waals surface area contributed by atoms with Gasteiger partial charge in [0.25, 0.3) is 5.91 Å². The van der Waals surface area contributed by atoms with Crippen LogP contribution in [0, 0.1) is 18.8 Å². The Kier molecular flexibility index (Phi) is 5.19. The number of rotatable bonds is 4. The second-order valence-electron chi connectivity index (χ2n) is 6.25. The maximum atomic E-state index is 12.5. The summed E-state index contributed by atoms with van der Waals surface area (Å²) in [6.07, 6.45) is 2.97. The van der Waals surface area contributed by atoms with Crippen LogP contribution in [0.15, 0.2) is 18.2 Å². The summed E-state index contributed by atoms with van der Waals surface area (Å²) < 4.78 is 0. The molecule has 120 valence electrons. The highest BCUT2D eigenvalue weighted by molar-refractivity contribution is 5.98. The molecule has 5 heteroatoms. The Balaban J connectivity index is 2.16. The third kappa shape index (κ3) is 3.47. The zero-order chi connectivity index (χ0) is 16.3. The normalized spacial score (nSPS) is 20.7. The summed E-state index contributed by atoms with van der Waals surface area (Å²) in [5.41, 5.74) is 7.99. The molecule has 22 heavy (non-hydrogen) atoms. The van der Waals surface area contributed by atoms with Crippen LogP contribution >= 0.6 is 0 Å². The van der Waals surface area contributed by atoms with Crippen molar-refractivity contribution in [3.05, 3.63) is 29.3 Å². The average molecular weight is 303 g/mol. The van der Waals surface area contributed by atoms with Crippen molar-refractivity contribution in [2.24, 2.45) is 17.6 Å². The fourth-order valence-electron chi connectivity index (χ4n) is 3.04. The van der Waals surface area contributed by atoms with Gasteiger partial charge in [0.05, 0.1) is 0 Å². The van der Waals surface area contributed by atoms with Crippen molar-refractivity contribution in [2.45, 2.75) is 26.2 Å². The molecule has 0 aromatic heterocycles. The van der Waals surface area contributed by atoms with Crippen molar-refractivity contribution in [1.29, 1.82) is 0 Å². The molecule has 0 radical (unpaired) electrons. The minimum absolute atomic E-state index is 0.0161. The Bertz CT molecular complexity index is 569. The van der Waals surface area contributed by atoms with E-state index >= 15 is 0 Å². The lowest BCUT2D eigenvalue weighted by Gasteiger charge is -2.19. The van der Waals surface area contributed by atoms with E-state index in [4.69, 9.17) is 5.73 Å². The van der Waals surface area contributed by atoms with Crippen molar-refractivity contribution in [2.75, 3.05) is 26.0 Å². The zero-order valence-corrected chi connectivity index (χ0v) is 13.6. The van der Waals surface area contributed by atoms with E-state index in [0.717, 1.165) is 24.8 Å². The van der Waals surface area contributed by atoms with E-state index in [0.29, 0.717) is 17.8 Å². The first-order valence-electron chi connectivity index (χ1n) is 7.77. The number of carbonyl (C=O) groups is 2. The maximum Gasteiger partial charge on any atom is 0.253 e. The molecule has 1 aliphatic rings. The van der Waals surface area contributed by atoms with Crippen molar-refractivity contribution < 1.29 is 9.59 Å². The summed E-state index contributed by atoms with van der Waals surface area (Å²) in [5, 5.41) is 2.99. The van der Waals surface area contributed by atoms with Crippen LogP contribution in [0.2, 0.25) is 0 Å². The van der Waals surface area contributed by atoms with Gasteiger partial charge in [0, 0.05) is 31.3 Å². The molecule has 3 N–H and O–H groups in total. The van der Waals surface area contributed by atoms with E-state index in [2.05, 4.69) is 5.32 Å². The topological polar surface area (TPSA) is 75.4 Å². The summed E-state index contributed by atoms with van der Waals surface area (Å²) in [4.78, 5) is 26.1. The first kappa shape index (κ1) is 16.5. The molecule has 5 nitrogen and oxygen atoms in total. The molecule has 2 rings (SSSR count). The Labute approximate surface area is 131 Å². The Morgan fingerprint density at radius 3 is 2.68 bits per heavy atom. The monoisotopic (exact) mass is 303 g/mol. The highest BCUT2D eigenvalue weighted by Gasteiger charge is 2.32. The van der Waals surface area contributed by atoms with Gasteiger partial charge in [-0.1, -0.05) is 12.5 Å². The molecule has 0 heterocycles. The van der Waals surface area contributed by atoms with Gasteiger partial charge in [0.1, 0.15) is 0 Å². The second-order valence-corrected chi connectivity index (χ2v) is 6.25. The van der Waals surface area contributed by atoms with Gasteiger partial charge in [-0.2, -0.15) is 0 Å². The van der Waals surface area contributed by atoms with Gasteiger partial charge in [-0.3, -0.25) is 9.59 Å². The van der Waals surface area contributed by atoms with Gasteiger partial charge < -0.3 is 16.0 Å². The summed E-state index contributed by atoms with van der Waals surface area (Å²) in [5.74, 6) is 0.200. The number of hydrogen-bond donors (Lipinski definition) is 2. The maximum absolute atomic E-state index is 12.5. The summed E-state index contributed by atoms with van der Waals surface area (Å²) in [6.45, 7) is 2.48. The molecule has 0 spiro atoms. The van der Waals surface area contributed by atoms with E-state index in [9.17, 15) is 9.59 Å². The predicted octanol–water partition coefficient (Wildman–Crippen LogP) is 2.01. The first-order chi connectivity index (χ1) is 10.4. The smallest absolute Gasteiger partial charge is 0.253 e. The van der Waals surface area contributed by atoms with E-state index in [1.165, 1.54) is 4.90 Å². The van der Waals surface area contributed by atoms with Crippen LogP contribution in [-0.4, -0.2) is 37.4 Å². The van der Waals surface area contributed by atoms with Crippen molar-refractivity contribution in [1.82, 2.24) is 4.90 Å². The lowest BCUT2D eigenvalue weighted by atomic mass is 9.95. The third-order valence-corrected chi connectivity index (χ3v) is 4.45. The van der Waals surface area contributed by atoms with Crippen molar-refractivity contribution >= 4 is 17.5 Å². The van der Waals surface area contributed by atoms with Gasteiger partial charge in [-0.05, 0) is 49.9 Å². The number of aryl methyl sites for hydroxylation is 1.